The van der Waals surface area contributed by atoms with Crippen LogP contribution in [-0.2, 0) is 11.3 Å². The zero-order valence-corrected chi connectivity index (χ0v) is 12.6. The molecule has 0 bridgehead atoms. The minimum Gasteiger partial charge on any atom is -0.493 e. The van der Waals surface area contributed by atoms with E-state index in [-0.39, 0.29) is 5.82 Å². The zero-order valence-electron chi connectivity index (χ0n) is 12.6. The molecule has 1 N–H and O–H groups in total. The van der Waals surface area contributed by atoms with Gasteiger partial charge in [0.05, 0.1) is 13.2 Å². The van der Waals surface area contributed by atoms with E-state index in [9.17, 15) is 4.39 Å². The lowest BCUT2D eigenvalue weighted by molar-refractivity contribution is 0.199. The van der Waals surface area contributed by atoms with Gasteiger partial charge in [0.1, 0.15) is 11.6 Å². The summed E-state index contributed by atoms with van der Waals surface area (Å²) in [5.74, 6) is 0.541. The maximum absolute atomic E-state index is 13.3. The molecule has 0 spiro atoms. The molecule has 0 unspecified atom stereocenters. The lowest BCUT2D eigenvalue weighted by Crippen LogP contribution is -2.19. The molecule has 0 aromatic heterocycles. The van der Waals surface area contributed by atoms with Gasteiger partial charge in [-0.15, -0.1) is 0 Å². The molecule has 1 aromatic rings. The highest BCUT2D eigenvalue weighted by molar-refractivity contribution is 5.33. The molecular formula is C16H26FNO2. The fourth-order valence-electron chi connectivity index (χ4n) is 1.94. The van der Waals surface area contributed by atoms with Crippen molar-refractivity contribution >= 4 is 0 Å². The Morgan fingerprint density at radius 2 is 2.00 bits per heavy atom. The molecule has 0 saturated heterocycles. The summed E-state index contributed by atoms with van der Waals surface area (Å²) in [6.45, 7) is 4.85. The summed E-state index contributed by atoms with van der Waals surface area (Å²) < 4.78 is 24.0. The van der Waals surface area contributed by atoms with Gasteiger partial charge in [0, 0.05) is 25.8 Å². The third kappa shape index (κ3) is 6.87. The number of hydrogen-bond acceptors (Lipinski definition) is 3. The van der Waals surface area contributed by atoms with Gasteiger partial charge in [-0.3, -0.25) is 0 Å². The Kier molecular flexibility index (Phi) is 9.00. The van der Waals surface area contributed by atoms with Crippen LogP contribution in [0.2, 0.25) is 0 Å². The van der Waals surface area contributed by atoms with Crippen LogP contribution >= 0.6 is 0 Å². The summed E-state index contributed by atoms with van der Waals surface area (Å²) in [5.41, 5.74) is 0.858. The predicted octanol–water partition coefficient (Wildman–Crippen LogP) is 3.52. The number of nitrogens with one attached hydrogen (secondary N) is 1. The van der Waals surface area contributed by atoms with Gasteiger partial charge >= 0.3 is 0 Å². The van der Waals surface area contributed by atoms with E-state index in [4.69, 9.17) is 9.47 Å². The molecule has 0 saturated carbocycles. The monoisotopic (exact) mass is 283 g/mol. The number of ether oxygens (including phenoxy) is 2. The quantitative estimate of drug-likeness (QED) is 0.630. The first kappa shape index (κ1) is 16.9. The van der Waals surface area contributed by atoms with Crippen molar-refractivity contribution in [2.24, 2.45) is 0 Å². The van der Waals surface area contributed by atoms with E-state index in [0.717, 1.165) is 24.3 Å². The molecule has 0 amide bonds. The van der Waals surface area contributed by atoms with Crippen LogP contribution in [0.15, 0.2) is 18.2 Å². The first-order chi connectivity index (χ1) is 9.77. The molecule has 4 heteroatoms. The number of halogens is 1. The van der Waals surface area contributed by atoms with Crippen LogP contribution in [0.25, 0.3) is 0 Å². The van der Waals surface area contributed by atoms with Crippen LogP contribution in [-0.4, -0.2) is 26.9 Å². The Morgan fingerprint density at radius 1 is 1.15 bits per heavy atom. The molecule has 0 aliphatic heterocycles. The second-order valence-corrected chi connectivity index (χ2v) is 4.83. The van der Waals surface area contributed by atoms with Crippen LogP contribution in [0.3, 0.4) is 0 Å². The summed E-state index contributed by atoms with van der Waals surface area (Å²) in [7, 11) is 1.66. The Morgan fingerprint density at radius 3 is 2.75 bits per heavy atom. The number of benzene rings is 1. The standard InChI is InChI=1S/C16H26FNO2/c1-3-4-5-6-10-20-16-8-7-15(17)12-14(16)13-18-9-11-19-2/h7-8,12,18H,3-6,9-11,13H2,1-2H3. The van der Waals surface area contributed by atoms with E-state index < -0.39 is 0 Å². The summed E-state index contributed by atoms with van der Waals surface area (Å²) in [6, 6.07) is 4.68. The molecule has 0 aliphatic rings. The maximum Gasteiger partial charge on any atom is 0.123 e. The number of rotatable bonds is 11. The fourth-order valence-corrected chi connectivity index (χ4v) is 1.94. The second-order valence-electron chi connectivity index (χ2n) is 4.83. The van der Waals surface area contributed by atoms with Crippen molar-refractivity contribution in [2.75, 3.05) is 26.9 Å². The number of methoxy groups -OCH3 is 1. The molecule has 1 aromatic carbocycles. The Bertz CT molecular complexity index is 371. The van der Waals surface area contributed by atoms with Crippen molar-refractivity contribution in [1.29, 1.82) is 0 Å². The number of hydrogen-bond donors (Lipinski definition) is 1. The van der Waals surface area contributed by atoms with Crippen molar-refractivity contribution in [1.82, 2.24) is 5.32 Å². The van der Waals surface area contributed by atoms with Gasteiger partial charge in [0.15, 0.2) is 0 Å². The average Bonchev–Trinajstić information content (AvgIpc) is 2.45. The minimum absolute atomic E-state index is 0.230. The Labute approximate surface area is 121 Å². The van der Waals surface area contributed by atoms with Crippen molar-refractivity contribution in [3.8, 4) is 5.75 Å². The summed E-state index contributed by atoms with van der Waals surface area (Å²) >= 11 is 0. The van der Waals surface area contributed by atoms with Crippen LogP contribution in [0.1, 0.15) is 38.2 Å². The maximum atomic E-state index is 13.3. The Balaban J connectivity index is 2.42. The van der Waals surface area contributed by atoms with Crippen molar-refractivity contribution < 1.29 is 13.9 Å². The SMILES string of the molecule is CCCCCCOc1ccc(F)cc1CNCCOC. The molecule has 1 rings (SSSR count). The van der Waals surface area contributed by atoms with Crippen molar-refractivity contribution in [3.63, 3.8) is 0 Å². The topological polar surface area (TPSA) is 30.5 Å². The predicted molar refractivity (Wildman–Crippen MR) is 79.6 cm³/mol. The highest BCUT2D eigenvalue weighted by Crippen LogP contribution is 2.20. The summed E-state index contributed by atoms with van der Waals surface area (Å²) in [4.78, 5) is 0. The second kappa shape index (κ2) is 10.6. The van der Waals surface area contributed by atoms with E-state index in [1.165, 1.54) is 31.4 Å². The first-order valence-electron chi connectivity index (χ1n) is 7.38. The highest BCUT2D eigenvalue weighted by atomic mass is 19.1. The third-order valence-corrected chi connectivity index (χ3v) is 3.08. The van der Waals surface area contributed by atoms with Gasteiger partial charge in [-0.2, -0.15) is 0 Å². The first-order valence-corrected chi connectivity index (χ1v) is 7.38. The lowest BCUT2D eigenvalue weighted by Gasteiger charge is -2.12. The minimum atomic E-state index is -0.230. The largest absolute Gasteiger partial charge is 0.493 e. The fraction of sp³-hybridized carbons (Fsp3) is 0.625. The van der Waals surface area contributed by atoms with Gasteiger partial charge in [-0.05, 0) is 24.6 Å². The average molecular weight is 283 g/mol. The van der Waals surface area contributed by atoms with E-state index >= 15 is 0 Å². The van der Waals surface area contributed by atoms with E-state index in [1.807, 2.05) is 0 Å². The van der Waals surface area contributed by atoms with Crippen molar-refractivity contribution in [2.45, 2.75) is 39.2 Å². The molecule has 0 fully saturated rings. The molecular weight excluding hydrogens is 257 g/mol. The van der Waals surface area contributed by atoms with E-state index in [0.29, 0.717) is 19.8 Å². The molecule has 0 aliphatic carbocycles. The molecule has 0 heterocycles. The van der Waals surface area contributed by atoms with Gasteiger partial charge < -0.3 is 14.8 Å². The zero-order chi connectivity index (χ0) is 14.6. The van der Waals surface area contributed by atoms with Gasteiger partial charge in [0.25, 0.3) is 0 Å². The molecule has 3 nitrogen and oxygen atoms in total. The van der Waals surface area contributed by atoms with Crippen LogP contribution < -0.4 is 10.1 Å². The molecule has 114 valence electrons. The Hall–Kier alpha value is -1.13. The van der Waals surface area contributed by atoms with Crippen LogP contribution in [0.4, 0.5) is 4.39 Å². The van der Waals surface area contributed by atoms with Gasteiger partial charge in [0.2, 0.25) is 0 Å². The van der Waals surface area contributed by atoms with Crippen LogP contribution in [0.5, 0.6) is 5.75 Å². The summed E-state index contributed by atoms with van der Waals surface area (Å²) in [6.07, 6.45) is 4.67. The smallest absolute Gasteiger partial charge is 0.123 e. The van der Waals surface area contributed by atoms with E-state index in [1.54, 1.807) is 13.2 Å². The molecule has 0 radical (unpaired) electrons. The van der Waals surface area contributed by atoms with Gasteiger partial charge in [-0.25, -0.2) is 4.39 Å². The third-order valence-electron chi connectivity index (χ3n) is 3.08. The highest BCUT2D eigenvalue weighted by Gasteiger charge is 2.05. The van der Waals surface area contributed by atoms with Crippen LogP contribution in [0, 0.1) is 5.82 Å². The lowest BCUT2D eigenvalue weighted by atomic mass is 10.2. The van der Waals surface area contributed by atoms with Crippen molar-refractivity contribution in [3.05, 3.63) is 29.6 Å². The van der Waals surface area contributed by atoms with E-state index in [2.05, 4.69) is 12.2 Å². The van der Waals surface area contributed by atoms with Gasteiger partial charge in [-0.1, -0.05) is 26.2 Å². The summed E-state index contributed by atoms with van der Waals surface area (Å²) in [5, 5.41) is 3.21. The number of unbranched alkanes of at least 4 members (excludes halogenated alkanes) is 3. The normalized spacial score (nSPS) is 10.8. The molecule has 20 heavy (non-hydrogen) atoms. The molecule has 0 atom stereocenters.